The highest BCUT2D eigenvalue weighted by Gasteiger charge is 2.19. The molecule has 0 aliphatic carbocycles. The Morgan fingerprint density at radius 2 is 0.493 bits per heavy atom. The molecular formula is C65H126O6. The molecule has 0 saturated carbocycles. The van der Waals surface area contributed by atoms with Gasteiger partial charge in [-0.1, -0.05) is 324 Å². The van der Waals surface area contributed by atoms with E-state index >= 15 is 0 Å². The fourth-order valence-corrected chi connectivity index (χ4v) is 10.0. The van der Waals surface area contributed by atoms with E-state index in [1.54, 1.807) is 0 Å². The minimum absolute atomic E-state index is 0.0627. The number of hydrogen-bond donors (Lipinski definition) is 0. The van der Waals surface area contributed by atoms with Gasteiger partial charge in [0.05, 0.1) is 0 Å². The minimum atomic E-state index is -0.765. The molecule has 0 spiro atoms. The Kier molecular flexibility index (Phi) is 54.9. The molecule has 0 aromatic heterocycles. The fraction of sp³-hybridized carbons (Fsp3) is 0.954. The van der Waals surface area contributed by atoms with Crippen LogP contribution in [-0.2, 0) is 28.6 Å². The highest BCUT2D eigenvalue weighted by Crippen LogP contribution is 2.19. The predicted octanol–water partition coefficient (Wildman–Crippen LogP) is 21.5. The molecule has 6 nitrogen and oxygen atoms in total. The number of hydrogen-bond acceptors (Lipinski definition) is 6. The van der Waals surface area contributed by atoms with Crippen LogP contribution in [0.4, 0.5) is 0 Å². The molecule has 0 aromatic rings. The molecule has 6 heteroatoms. The maximum Gasteiger partial charge on any atom is 0.306 e. The molecule has 1 unspecified atom stereocenters. The van der Waals surface area contributed by atoms with Gasteiger partial charge in [0.25, 0.3) is 0 Å². The van der Waals surface area contributed by atoms with Gasteiger partial charge in [0.15, 0.2) is 6.10 Å². The Morgan fingerprint density at radius 1 is 0.282 bits per heavy atom. The third-order valence-electron chi connectivity index (χ3n) is 15.3. The molecule has 0 bridgehead atoms. The third-order valence-corrected chi connectivity index (χ3v) is 15.3. The zero-order chi connectivity index (χ0) is 51.9. The maximum atomic E-state index is 12.9. The van der Waals surface area contributed by atoms with Crippen LogP contribution in [0.5, 0.6) is 0 Å². The van der Waals surface area contributed by atoms with Gasteiger partial charge in [-0.05, 0) is 37.0 Å². The summed E-state index contributed by atoms with van der Waals surface area (Å²) >= 11 is 0. The van der Waals surface area contributed by atoms with Crippen LogP contribution in [-0.4, -0.2) is 37.2 Å². The number of esters is 3. The first-order valence-corrected chi connectivity index (χ1v) is 32.1. The number of unbranched alkanes of at least 4 members (excludes halogenated alkanes) is 40. The quantitative estimate of drug-likeness (QED) is 0.0343. The van der Waals surface area contributed by atoms with Gasteiger partial charge in [-0.25, -0.2) is 0 Å². The van der Waals surface area contributed by atoms with E-state index in [9.17, 15) is 14.4 Å². The molecule has 0 aliphatic heterocycles. The normalized spacial score (nSPS) is 12.5. The van der Waals surface area contributed by atoms with Crippen molar-refractivity contribution in [1.82, 2.24) is 0 Å². The summed E-state index contributed by atoms with van der Waals surface area (Å²) in [5, 5.41) is 0. The molecule has 0 aromatic carbocycles. The standard InChI is InChI=1S/C65H126O6/c1-7-61(6)53-47-41-35-29-25-26-31-37-43-49-55-64(67)70-58-62(57-69-63(66)54-48-42-36-30-23-19-16-12-14-18-22-28-34-40-46-52-60(4)5)71-65(68)56-50-44-38-32-24-20-15-11-9-8-10-13-17-21-27-33-39-45-51-59(2)3/h59-62H,7-58H2,1-6H3/t61?,62-/m0/s1. The summed E-state index contributed by atoms with van der Waals surface area (Å²) in [5.41, 5.74) is 0. The molecule has 0 N–H and O–H groups in total. The van der Waals surface area contributed by atoms with Crippen LogP contribution >= 0.6 is 0 Å². The van der Waals surface area contributed by atoms with E-state index in [0.717, 1.165) is 75.5 Å². The molecule has 0 radical (unpaired) electrons. The second-order valence-corrected chi connectivity index (χ2v) is 23.6. The van der Waals surface area contributed by atoms with Crippen molar-refractivity contribution in [3.63, 3.8) is 0 Å². The van der Waals surface area contributed by atoms with Crippen LogP contribution in [0.25, 0.3) is 0 Å². The fourth-order valence-electron chi connectivity index (χ4n) is 10.0. The average Bonchev–Trinajstić information content (AvgIpc) is 3.35. The van der Waals surface area contributed by atoms with Crippen molar-refractivity contribution in [2.24, 2.45) is 17.8 Å². The lowest BCUT2D eigenvalue weighted by Gasteiger charge is -2.18. The first-order chi connectivity index (χ1) is 34.6. The highest BCUT2D eigenvalue weighted by atomic mass is 16.6. The number of carbonyl (C=O) groups is 3. The lowest BCUT2D eigenvalue weighted by molar-refractivity contribution is -0.167. The average molecular weight is 1000 g/mol. The van der Waals surface area contributed by atoms with Gasteiger partial charge in [-0.2, -0.15) is 0 Å². The smallest absolute Gasteiger partial charge is 0.306 e. The van der Waals surface area contributed by atoms with Crippen molar-refractivity contribution in [1.29, 1.82) is 0 Å². The third kappa shape index (κ3) is 57.5. The highest BCUT2D eigenvalue weighted by molar-refractivity contribution is 5.71. The molecule has 0 aliphatic rings. The minimum Gasteiger partial charge on any atom is -0.462 e. The van der Waals surface area contributed by atoms with Crippen molar-refractivity contribution in [2.45, 2.75) is 369 Å². The van der Waals surface area contributed by atoms with Crippen LogP contribution in [0.2, 0.25) is 0 Å². The zero-order valence-corrected chi connectivity index (χ0v) is 49.0. The molecule has 71 heavy (non-hydrogen) atoms. The van der Waals surface area contributed by atoms with Crippen LogP contribution < -0.4 is 0 Å². The second-order valence-electron chi connectivity index (χ2n) is 23.6. The van der Waals surface area contributed by atoms with Gasteiger partial charge >= 0.3 is 17.9 Å². The summed E-state index contributed by atoms with van der Waals surface area (Å²) in [4.78, 5) is 38.3. The van der Waals surface area contributed by atoms with Crippen LogP contribution in [0, 0.1) is 17.8 Å². The molecule has 0 saturated heterocycles. The molecule has 0 fully saturated rings. The van der Waals surface area contributed by atoms with E-state index < -0.39 is 6.10 Å². The first-order valence-electron chi connectivity index (χ1n) is 32.1. The summed E-state index contributed by atoms with van der Waals surface area (Å²) in [7, 11) is 0. The summed E-state index contributed by atoms with van der Waals surface area (Å²) in [5.74, 6) is 1.74. The molecule has 0 amide bonds. The first kappa shape index (κ1) is 69.4. The van der Waals surface area contributed by atoms with Crippen molar-refractivity contribution in [3.05, 3.63) is 0 Å². The van der Waals surface area contributed by atoms with E-state index in [1.165, 1.54) is 244 Å². The Morgan fingerprint density at radius 3 is 0.732 bits per heavy atom. The Bertz CT molecular complexity index is 1100. The topological polar surface area (TPSA) is 78.9 Å². The van der Waals surface area contributed by atoms with E-state index in [4.69, 9.17) is 14.2 Å². The Balaban J connectivity index is 4.27. The number of rotatable bonds is 58. The summed E-state index contributed by atoms with van der Waals surface area (Å²) in [6.07, 6.45) is 61.0. The van der Waals surface area contributed by atoms with Gasteiger partial charge in [-0.3, -0.25) is 14.4 Å². The summed E-state index contributed by atoms with van der Waals surface area (Å²) in [6.45, 7) is 13.8. The monoisotopic (exact) mass is 1000 g/mol. The van der Waals surface area contributed by atoms with Crippen LogP contribution in [0.3, 0.4) is 0 Å². The van der Waals surface area contributed by atoms with Crippen molar-refractivity contribution >= 4 is 17.9 Å². The van der Waals surface area contributed by atoms with Crippen LogP contribution in [0.1, 0.15) is 363 Å². The Hall–Kier alpha value is -1.59. The lowest BCUT2D eigenvalue weighted by Crippen LogP contribution is -2.30. The zero-order valence-electron chi connectivity index (χ0n) is 49.0. The maximum absolute atomic E-state index is 12.9. The van der Waals surface area contributed by atoms with E-state index in [-0.39, 0.29) is 31.1 Å². The van der Waals surface area contributed by atoms with Gasteiger partial charge in [-0.15, -0.1) is 0 Å². The summed E-state index contributed by atoms with van der Waals surface area (Å²) in [6, 6.07) is 0. The molecule has 422 valence electrons. The predicted molar refractivity (Wildman–Crippen MR) is 307 cm³/mol. The van der Waals surface area contributed by atoms with Gasteiger partial charge < -0.3 is 14.2 Å². The largest absolute Gasteiger partial charge is 0.462 e. The molecule has 2 atom stereocenters. The number of carbonyl (C=O) groups excluding carboxylic acids is 3. The molecule has 0 rings (SSSR count). The van der Waals surface area contributed by atoms with E-state index in [2.05, 4.69) is 41.5 Å². The van der Waals surface area contributed by atoms with Gasteiger partial charge in [0.1, 0.15) is 13.2 Å². The van der Waals surface area contributed by atoms with E-state index in [0.29, 0.717) is 19.3 Å². The van der Waals surface area contributed by atoms with Crippen LogP contribution in [0.15, 0.2) is 0 Å². The SMILES string of the molecule is CCC(C)CCCCCCCCCCCCC(=O)OC[C@H](COC(=O)CCCCCCCCCCCCCCCCCC(C)C)OC(=O)CCCCCCCCCCCCCCCCCCCCC(C)C. The van der Waals surface area contributed by atoms with Gasteiger partial charge in [0, 0.05) is 19.3 Å². The molecule has 0 heterocycles. The van der Waals surface area contributed by atoms with Crippen molar-refractivity contribution < 1.29 is 28.6 Å². The van der Waals surface area contributed by atoms with Crippen molar-refractivity contribution in [3.8, 4) is 0 Å². The Labute approximate surface area is 444 Å². The lowest BCUT2D eigenvalue weighted by atomic mass is 9.99. The van der Waals surface area contributed by atoms with Crippen molar-refractivity contribution in [2.75, 3.05) is 13.2 Å². The molecular weight excluding hydrogens is 877 g/mol. The van der Waals surface area contributed by atoms with Gasteiger partial charge in [0.2, 0.25) is 0 Å². The van der Waals surface area contributed by atoms with E-state index in [1.807, 2.05) is 0 Å². The summed E-state index contributed by atoms with van der Waals surface area (Å²) < 4.78 is 17.0. The second kappa shape index (κ2) is 56.1. The number of ether oxygens (including phenoxy) is 3.